The number of hydrogen-bond donors (Lipinski definition) is 0. The van der Waals surface area contributed by atoms with Crippen LogP contribution in [0.3, 0.4) is 0 Å². The number of piperidine rings is 1. The largest absolute Gasteiger partial charge is 0.371 e. The van der Waals surface area contributed by atoms with Gasteiger partial charge in [-0.25, -0.2) is 0 Å². The van der Waals surface area contributed by atoms with E-state index in [4.69, 9.17) is 9.51 Å². The highest BCUT2D eigenvalue weighted by atomic mass is 16.5. The number of nitrogens with zero attached hydrogens (tertiary/aromatic N) is 5. The van der Waals surface area contributed by atoms with Gasteiger partial charge < -0.3 is 9.42 Å². The van der Waals surface area contributed by atoms with E-state index in [1.165, 1.54) is 11.1 Å². The lowest BCUT2D eigenvalue weighted by Crippen LogP contribution is -2.33. The molecule has 1 saturated heterocycles. The molecule has 1 aliphatic rings. The molecule has 1 aromatic carbocycles. The van der Waals surface area contributed by atoms with Gasteiger partial charge in [-0.2, -0.15) is 4.98 Å². The average Bonchev–Trinajstić information content (AvgIpc) is 3.29. The van der Waals surface area contributed by atoms with E-state index in [0.717, 1.165) is 55.1 Å². The molecule has 0 aliphatic carbocycles. The molecular weight excluding hydrogens is 362 g/mol. The van der Waals surface area contributed by atoms with Crippen molar-refractivity contribution in [1.82, 2.24) is 20.1 Å². The number of rotatable bonds is 4. The first-order valence-electron chi connectivity index (χ1n) is 10.2. The number of hydrogen-bond acceptors (Lipinski definition) is 6. The van der Waals surface area contributed by atoms with Crippen molar-refractivity contribution in [2.75, 3.05) is 18.0 Å². The van der Waals surface area contributed by atoms with Gasteiger partial charge in [-0.05, 0) is 43.5 Å². The van der Waals surface area contributed by atoms with Crippen LogP contribution in [0.2, 0.25) is 0 Å². The van der Waals surface area contributed by atoms with Crippen molar-refractivity contribution in [1.29, 1.82) is 0 Å². The summed E-state index contributed by atoms with van der Waals surface area (Å²) in [7, 11) is 0. The molecule has 5 rings (SSSR count). The second kappa shape index (κ2) is 7.62. The van der Waals surface area contributed by atoms with E-state index >= 15 is 0 Å². The number of pyridine rings is 2. The Hall–Kier alpha value is -3.28. The smallest absolute Gasteiger partial charge is 0.230 e. The van der Waals surface area contributed by atoms with Crippen LogP contribution >= 0.6 is 0 Å². The fourth-order valence-corrected chi connectivity index (χ4v) is 4.02. The predicted molar refractivity (Wildman–Crippen MR) is 113 cm³/mol. The Kier molecular flexibility index (Phi) is 4.68. The first kappa shape index (κ1) is 17.8. The summed E-state index contributed by atoms with van der Waals surface area (Å²) in [6.07, 6.45) is 4.66. The lowest BCUT2D eigenvalue weighted by molar-refractivity contribution is 0.329. The highest BCUT2D eigenvalue weighted by Crippen LogP contribution is 2.34. The molecule has 0 radical (unpaired) electrons. The molecule has 4 aromatic rings. The minimum atomic E-state index is 0.287. The number of para-hydroxylation sites is 1. The highest BCUT2D eigenvalue weighted by molar-refractivity contribution is 5.92. The molecule has 0 amide bonds. The van der Waals surface area contributed by atoms with Gasteiger partial charge in [-0.1, -0.05) is 36.3 Å². The third kappa shape index (κ3) is 3.46. The summed E-state index contributed by atoms with van der Waals surface area (Å²) in [5, 5.41) is 5.35. The standard InChI is InChI=1S/C23H23N5O/c1-2-17-15-21(18-7-3-4-8-19(18)25-17)28-13-10-16(11-14-28)23-26-22(27-29-23)20-9-5-6-12-24-20/h3-9,12,15-16H,2,10-11,13-14H2,1H3. The summed E-state index contributed by atoms with van der Waals surface area (Å²) < 4.78 is 5.58. The number of benzene rings is 1. The van der Waals surface area contributed by atoms with Crippen molar-refractivity contribution >= 4 is 16.6 Å². The third-order valence-corrected chi connectivity index (χ3v) is 5.63. The van der Waals surface area contributed by atoms with Gasteiger partial charge >= 0.3 is 0 Å². The molecule has 146 valence electrons. The van der Waals surface area contributed by atoms with Gasteiger partial charge in [0.1, 0.15) is 5.69 Å². The lowest BCUT2D eigenvalue weighted by atomic mass is 9.96. The van der Waals surface area contributed by atoms with Crippen LogP contribution in [0.4, 0.5) is 5.69 Å². The second-order valence-corrected chi connectivity index (χ2v) is 7.44. The number of aryl methyl sites for hydroxylation is 1. The minimum Gasteiger partial charge on any atom is -0.371 e. The predicted octanol–water partition coefficient (Wildman–Crippen LogP) is 4.63. The van der Waals surface area contributed by atoms with E-state index in [9.17, 15) is 0 Å². The summed E-state index contributed by atoms with van der Waals surface area (Å²) in [5.74, 6) is 1.57. The van der Waals surface area contributed by atoms with Crippen molar-refractivity contribution in [2.24, 2.45) is 0 Å². The first-order valence-corrected chi connectivity index (χ1v) is 10.2. The summed E-state index contributed by atoms with van der Waals surface area (Å²) in [4.78, 5) is 16.2. The maximum atomic E-state index is 5.58. The number of fused-ring (bicyclic) bond motifs is 1. The first-order chi connectivity index (χ1) is 14.3. The Bertz CT molecular complexity index is 1120. The fraction of sp³-hybridized carbons (Fsp3) is 0.304. The van der Waals surface area contributed by atoms with Crippen LogP contribution in [-0.2, 0) is 6.42 Å². The Balaban J connectivity index is 1.35. The van der Waals surface area contributed by atoms with E-state index < -0.39 is 0 Å². The number of anilines is 1. The molecule has 0 atom stereocenters. The topological polar surface area (TPSA) is 67.9 Å². The zero-order valence-electron chi connectivity index (χ0n) is 16.5. The highest BCUT2D eigenvalue weighted by Gasteiger charge is 2.26. The van der Waals surface area contributed by atoms with Crippen LogP contribution in [0.5, 0.6) is 0 Å². The summed E-state index contributed by atoms with van der Waals surface area (Å²) in [5.41, 5.74) is 4.24. The maximum Gasteiger partial charge on any atom is 0.230 e. The van der Waals surface area contributed by atoms with Gasteiger partial charge in [-0.3, -0.25) is 9.97 Å². The average molecular weight is 385 g/mol. The monoisotopic (exact) mass is 385 g/mol. The maximum absolute atomic E-state index is 5.58. The van der Waals surface area contributed by atoms with Crippen LogP contribution in [0.15, 0.2) is 59.3 Å². The van der Waals surface area contributed by atoms with Crippen LogP contribution in [-0.4, -0.2) is 33.2 Å². The molecule has 29 heavy (non-hydrogen) atoms. The van der Waals surface area contributed by atoms with Crippen molar-refractivity contribution in [3.8, 4) is 11.5 Å². The molecule has 6 heteroatoms. The zero-order valence-corrected chi connectivity index (χ0v) is 16.5. The molecule has 0 unspecified atom stereocenters. The van der Waals surface area contributed by atoms with E-state index in [1.54, 1.807) is 6.20 Å². The zero-order chi connectivity index (χ0) is 19.6. The van der Waals surface area contributed by atoms with Crippen molar-refractivity contribution in [3.63, 3.8) is 0 Å². The van der Waals surface area contributed by atoms with Gasteiger partial charge in [0.25, 0.3) is 0 Å². The SMILES string of the molecule is CCc1cc(N2CCC(c3nc(-c4ccccn4)no3)CC2)c2ccccc2n1. The Labute approximate surface area is 169 Å². The molecule has 6 nitrogen and oxygen atoms in total. The van der Waals surface area contributed by atoms with Crippen LogP contribution in [0, 0.1) is 0 Å². The quantitative estimate of drug-likeness (QED) is 0.510. The van der Waals surface area contributed by atoms with E-state index in [0.29, 0.717) is 5.82 Å². The Morgan fingerprint density at radius 1 is 1.03 bits per heavy atom. The molecule has 4 heterocycles. The third-order valence-electron chi connectivity index (χ3n) is 5.63. The van der Waals surface area contributed by atoms with Crippen LogP contribution < -0.4 is 4.90 Å². The van der Waals surface area contributed by atoms with Gasteiger partial charge in [0.2, 0.25) is 11.7 Å². The van der Waals surface area contributed by atoms with Crippen LogP contribution in [0.25, 0.3) is 22.4 Å². The van der Waals surface area contributed by atoms with Crippen LogP contribution in [0.1, 0.15) is 37.3 Å². The molecule has 0 spiro atoms. The molecular formula is C23H23N5O. The van der Waals surface area contributed by atoms with E-state index in [2.05, 4.69) is 57.3 Å². The van der Waals surface area contributed by atoms with E-state index in [-0.39, 0.29) is 5.92 Å². The van der Waals surface area contributed by atoms with Crippen molar-refractivity contribution in [3.05, 3.63) is 66.3 Å². The molecule has 0 N–H and O–H groups in total. The number of aromatic nitrogens is 4. The van der Waals surface area contributed by atoms with Gasteiger partial charge in [0, 0.05) is 42.0 Å². The minimum absolute atomic E-state index is 0.287. The summed E-state index contributed by atoms with van der Waals surface area (Å²) >= 11 is 0. The Morgan fingerprint density at radius 3 is 2.66 bits per heavy atom. The van der Waals surface area contributed by atoms with Gasteiger partial charge in [0.15, 0.2) is 0 Å². The molecule has 1 aliphatic heterocycles. The van der Waals surface area contributed by atoms with Crippen molar-refractivity contribution < 1.29 is 4.52 Å². The fourth-order valence-electron chi connectivity index (χ4n) is 4.02. The lowest BCUT2D eigenvalue weighted by Gasteiger charge is -2.33. The molecule has 3 aromatic heterocycles. The summed E-state index contributed by atoms with van der Waals surface area (Å²) in [6.45, 7) is 4.08. The summed E-state index contributed by atoms with van der Waals surface area (Å²) in [6, 6.07) is 16.4. The molecule has 0 saturated carbocycles. The van der Waals surface area contributed by atoms with Gasteiger partial charge in [-0.15, -0.1) is 0 Å². The second-order valence-electron chi connectivity index (χ2n) is 7.44. The normalized spacial score (nSPS) is 15.1. The van der Waals surface area contributed by atoms with Crippen molar-refractivity contribution in [2.45, 2.75) is 32.1 Å². The van der Waals surface area contributed by atoms with E-state index in [1.807, 2.05) is 18.2 Å². The molecule has 1 fully saturated rings. The van der Waals surface area contributed by atoms with Gasteiger partial charge in [0.05, 0.1) is 5.52 Å². The molecule has 0 bridgehead atoms. The Morgan fingerprint density at radius 2 is 1.86 bits per heavy atom.